The molecule has 0 aliphatic carbocycles. The number of rotatable bonds is 7. The Labute approximate surface area is 175 Å². The molecule has 1 atom stereocenters. The highest BCUT2D eigenvalue weighted by molar-refractivity contribution is 7.92. The fraction of sp³-hybridized carbons (Fsp3) is 0.316. The van der Waals surface area contributed by atoms with Crippen molar-refractivity contribution in [2.45, 2.75) is 26.3 Å². The van der Waals surface area contributed by atoms with Gasteiger partial charge in [0.05, 0.1) is 34.8 Å². The van der Waals surface area contributed by atoms with Gasteiger partial charge in [-0.05, 0) is 49.2 Å². The van der Waals surface area contributed by atoms with Crippen LogP contribution in [0.25, 0.3) is 0 Å². The quantitative estimate of drug-likeness (QED) is 0.681. The molecule has 0 saturated carbocycles. The molecule has 9 heteroatoms. The van der Waals surface area contributed by atoms with E-state index in [1.54, 1.807) is 19.1 Å². The second kappa shape index (κ2) is 9.03. The minimum Gasteiger partial charge on any atom is -0.495 e. The van der Waals surface area contributed by atoms with E-state index in [-0.39, 0.29) is 17.1 Å². The summed E-state index contributed by atoms with van der Waals surface area (Å²) >= 11 is 12.0. The first kappa shape index (κ1) is 22.3. The van der Waals surface area contributed by atoms with E-state index in [0.717, 1.165) is 16.1 Å². The maximum atomic E-state index is 13.0. The third-order valence-electron chi connectivity index (χ3n) is 4.10. The van der Waals surface area contributed by atoms with Crippen molar-refractivity contribution in [1.29, 1.82) is 0 Å². The van der Waals surface area contributed by atoms with Gasteiger partial charge in [0.1, 0.15) is 11.8 Å². The van der Waals surface area contributed by atoms with Crippen LogP contribution in [0.5, 0.6) is 5.75 Å². The van der Waals surface area contributed by atoms with Crippen LogP contribution in [0.1, 0.15) is 18.9 Å². The molecule has 0 heterocycles. The molecule has 0 fully saturated rings. The first-order valence-corrected chi connectivity index (χ1v) is 11.1. The lowest BCUT2D eigenvalue weighted by molar-refractivity contribution is -0.117. The predicted octanol–water partition coefficient (Wildman–Crippen LogP) is 4.49. The molecule has 2 rings (SSSR count). The Bertz CT molecular complexity index is 980. The summed E-state index contributed by atoms with van der Waals surface area (Å²) in [6.45, 7) is 3.61. The molecule has 1 N–H and O–H groups in total. The number of hydrogen-bond donors (Lipinski definition) is 1. The largest absolute Gasteiger partial charge is 0.495 e. The lowest BCUT2D eigenvalue weighted by atomic mass is 10.1. The Balaban J connectivity index is 2.45. The molecule has 1 amide bonds. The fourth-order valence-electron chi connectivity index (χ4n) is 2.82. The van der Waals surface area contributed by atoms with Gasteiger partial charge in [0.25, 0.3) is 0 Å². The van der Waals surface area contributed by atoms with Crippen molar-refractivity contribution in [1.82, 2.24) is 0 Å². The summed E-state index contributed by atoms with van der Waals surface area (Å²) in [6, 6.07) is 8.78. The molecular formula is C19H22Cl2N2O4S. The fourth-order valence-corrected chi connectivity index (χ4v) is 4.31. The molecule has 0 saturated heterocycles. The van der Waals surface area contributed by atoms with Crippen molar-refractivity contribution in [3.63, 3.8) is 0 Å². The average molecular weight is 445 g/mol. The molecule has 2 aromatic carbocycles. The number of nitrogens with zero attached hydrogens (tertiary/aromatic N) is 1. The van der Waals surface area contributed by atoms with Gasteiger partial charge in [0.2, 0.25) is 15.9 Å². The average Bonchev–Trinajstić information content (AvgIpc) is 2.61. The number of sulfonamides is 1. The van der Waals surface area contributed by atoms with Crippen LogP contribution in [0.4, 0.5) is 11.4 Å². The lowest BCUT2D eigenvalue weighted by Crippen LogP contribution is -2.47. The van der Waals surface area contributed by atoms with Gasteiger partial charge >= 0.3 is 0 Å². The number of anilines is 2. The van der Waals surface area contributed by atoms with E-state index < -0.39 is 22.0 Å². The number of carbonyl (C=O) groups is 1. The second-order valence-corrected chi connectivity index (χ2v) is 8.95. The standard InChI is InChI=1S/C19H22Cl2N2O4S/c1-5-17(19(24)22-16-10-12(2)6-9-18(16)27-3)23(28(4,25)26)13-7-8-14(20)15(21)11-13/h6-11,17H,5H2,1-4H3,(H,22,24)/t17-/m1/s1. The van der Waals surface area contributed by atoms with Crippen molar-refractivity contribution >= 4 is 50.5 Å². The van der Waals surface area contributed by atoms with Crippen molar-refractivity contribution in [2.24, 2.45) is 0 Å². The van der Waals surface area contributed by atoms with E-state index in [0.29, 0.717) is 16.5 Å². The van der Waals surface area contributed by atoms with Crippen LogP contribution < -0.4 is 14.4 Å². The summed E-state index contributed by atoms with van der Waals surface area (Å²) < 4.78 is 31.3. The normalized spacial score (nSPS) is 12.4. The second-order valence-electron chi connectivity index (χ2n) is 6.27. The number of carbonyl (C=O) groups excluding carboxylic acids is 1. The molecule has 6 nitrogen and oxygen atoms in total. The third kappa shape index (κ3) is 5.10. The zero-order chi connectivity index (χ0) is 21.1. The van der Waals surface area contributed by atoms with Crippen molar-refractivity contribution in [3.05, 3.63) is 52.0 Å². The third-order valence-corrected chi connectivity index (χ3v) is 6.02. The van der Waals surface area contributed by atoms with Gasteiger partial charge in [-0.25, -0.2) is 8.42 Å². The number of benzene rings is 2. The number of ether oxygens (including phenoxy) is 1. The van der Waals surface area contributed by atoms with E-state index >= 15 is 0 Å². The highest BCUT2D eigenvalue weighted by Gasteiger charge is 2.32. The highest BCUT2D eigenvalue weighted by atomic mass is 35.5. The Morgan fingerprint density at radius 3 is 2.39 bits per heavy atom. The molecule has 0 aliphatic rings. The summed E-state index contributed by atoms with van der Waals surface area (Å²) in [6.07, 6.45) is 1.28. The minimum absolute atomic E-state index is 0.198. The van der Waals surface area contributed by atoms with Gasteiger partial charge in [0, 0.05) is 0 Å². The van der Waals surface area contributed by atoms with E-state index in [9.17, 15) is 13.2 Å². The zero-order valence-corrected chi connectivity index (χ0v) is 18.3. The van der Waals surface area contributed by atoms with Crippen molar-refractivity contribution < 1.29 is 17.9 Å². The minimum atomic E-state index is -3.78. The molecule has 2 aromatic rings. The maximum absolute atomic E-state index is 13.0. The smallest absolute Gasteiger partial charge is 0.248 e. The molecule has 28 heavy (non-hydrogen) atoms. The van der Waals surface area contributed by atoms with Crippen LogP contribution in [0.2, 0.25) is 10.0 Å². The number of halogens is 2. The van der Waals surface area contributed by atoms with Gasteiger partial charge in [-0.2, -0.15) is 0 Å². The number of hydrogen-bond acceptors (Lipinski definition) is 4. The Morgan fingerprint density at radius 2 is 1.86 bits per heavy atom. The first-order chi connectivity index (χ1) is 13.1. The van der Waals surface area contributed by atoms with Gasteiger partial charge in [-0.1, -0.05) is 36.2 Å². The topological polar surface area (TPSA) is 75.7 Å². The Morgan fingerprint density at radius 1 is 1.18 bits per heavy atom. The van der Waals surface area contributed by atoms with Gasteiger partial charge in [-0.15, -0.1) is 0 Å². The molecule has 0 aromatic heterocycles. The summed E-state index contributed by atoms with van der Waals surface area (Å²) in [5.41, 5.74) is 1.65. The molecule has 0 spiro atoms. The lowest BCUT2D eigenvalue weighted by Gasteiger charge is -2.30. The van der Waals surface area contributed by atoms with Crippen LogP contribution in [-0.2, 0) is 14.8 Å². The van der Waals surface area contributed by atoms with E-state index in [2.05, 4.69) is 5.32 Å². The highest BCUT2D eigenvalue weighted by Crippen LogP contribution is 2.31. The van der Waals surface area contributed by atoms with E-state index in [1.807, 2.05) is 13.0 Å². The SMILES string of the molecule is CC[C@H](C(=O)Nc1cc(C)ccc1OC)N(c1ccc(Cl)c(Cl)c1)S(C)(=O)=O. The monoisotopic (exact) mass is 444 g/mol. The van der Waals surface area contributed by atoms with Gasteiger partial charge in [0.15, 0.2) is 0 Å². The number of aryl methyl sites for hydroxylation is 1. The Hall–Kier alpha value is -1.96. The zero-order valence-electron chi connectivity index (χ0n) is 16.0. The maximum Gasteiger partial charge on any atom is 0.248 e. The first-order valence-electron chi connectivity index (χ1n) is 8.48. The van der Waals surface area contributed by atoms with Gasteiger partial charge < -0.3 is 10.1 Å². The summed E-state index contributed by atoms with van der Waals surface area (Å²) in [7, 11) is -2.28. The van der Waals surface area contributed by atoms with Crippen LogP contribution in [-0.4, -0.2) is 33.7 Å². The van der Waals surface area contributed by atoms with E-state index in [4.69, 9.17) is 27.9 Å². The number of amides is 1. The number of nitrogens with one attached hydrogen (secondary N) is 1. The summed E-state index contributed by atoms with van der Waals surface area (Å²) in [5, 5.41) is 3.26. The van der Waals surface area contributed by atoms with Crippen molar-refractivity contribution in [3.8, 4) is 5.75 Å². The summed E-state index contributed by atoms with van der Waals surface area (Å²) in [5.74, 6) is -0.00264. The van der Waals surface area contributed by atoms with Crippen LogP contribution >= 0.6 is 23.2 Å². The van der Waals surface area contributed by atoms with Crippen molar-refractivity contribution in [2.75, 3.05) is 23.0 Å². The van der Waals surface area contributed by atoms with Crippen LogP contribution in [0, 0.1) is 6.92 Å². The predicted molar refractivity (Wildman–Crippen MR) is 114 cm³/mol. The summed E-state index contributed by atoms with van der Waals surface area (Å²) in [4.78, 5) is 13.0. The Kier molecular flexibility index (Phi) is 7.20. The number of methoxy groups -OCH3 is 1. The van der Waals surface area contributed by atoms with E-state index in [1.165, 1.54) is 25.3 Å². The molecule has 0 aliphatic heterocycles. The van der Waals surface area contributed by atoms with Gasteiger partial charge in [-0.3, -0.25) is 9.10 Å². The van der Waals surface area contributed by atoms with Crippen LogP contribution in [0.3, 0.4) is 0 Å². The van der Waals surface area contributed by atoms with Crippen LogP contribution in [0.15, 0.2) is 36.4 Å². The molecule has 152 valence electrons. The molecule has 0 radical (unpaired) electrons. The molecular weight excluding hydrogens is 423 g/mol. The molecule has 0 bridgehead atoms. The molecule has 0 unspecified atom stereocenters.